The molecule has 19 heavy (non-hydrogen) atoms. The molecule has 5 nitrogen and oxygen atoms in total. The van der Waals surface area contributed by atoms with Gasteiger partial charge < -0.3 is 15.6 Å². The average molecular weight is 273 g/mol. The third-order valence-corrected chi connectivity index (χ3v) is 2.75. The smallest absolute Gasteiger partial charge is 0.178 e. The molecule has 1 atom stereocenters. The molecule has 4 N–H and O–H groups in total. The molecule has 0 fully saturated rings. The van der Waals surface area contributed by atoms with Crippen LogP contribution in [-0.4, -0.2) is 36.6 Å². The largest absolute Gasteiger partial charge is 0.363 e. The van der Waals surface area contributed by atoms with E-state index in [0.717, 1.165) is 6.07 Å². The van der Waals surface area contributed by atoms with Crippen molar-refractivity contribution < 1.29 is 8.78 Å². The Morgan fingerprint density at radius 3 is 2.32 bits per heavy atom. The van der Waals surface area contributed by atoms with Gasteiger partial charge in [-0.25, -0.2) is 19.6 Å². The number of nitrogen functional groups attached to an aromatic ring is 1. The van der Waals surface area contributed by atoms with E-state index in [0.29, 0.717) is 6.54 Å². The van der Waals surface area contributed by atoms with Gasteiger partial charge in [0.1, 0.15) is 0 Å². The number of anilines is 2. The number of hydrazine groups is 1. The number of pyridine rings is 1. The van der Waals surface area contributed by atoms with Crippen LogP contribution in [0, 0.1) is 17.6 Å². The Hall–Kier alpha value is -1.47. The monoisotopic (exact) mass is 273 g/mol. The minimum atomic E-state index is -0.820. The molecule has 0 bridgehead atoms. The molecule has 108 valence electrons. The third kappa shape index (κ3) is 4.29. The standard InChI is InChI=1S/C12H21F2N5/c1-7(2)10(6-19(3)4)16-11-8(13)5-9(14)12(17-11)18-15/h5,7,10H,6,15H2,1-4H3,(H2,16,17,18). The van der Waals surface area contributed by atoms with Crippen LogP contribution in [0.3, 0.4) is 0 Å². The lowest BCUT2D eigenvalue weighted by Gasteiger charge is -2.26. The van der Waals surface area contributed by atoms with Gasteiger partial charge in [0, 0.05) is 18.7 Å². The lowest BCUT2D eigenvalue weighted by molar-refractivity contribution is 0.343. The molecular weight excluding hydrogens is 252 g/mol. The molecule has 0 saturated carbocycles. The zero-order valence-electron chi connectivity index (χ0n) is 11.7. The lowest BCUT2D eigenvalue weighted by Crippen LogP contribution is -2.37. The number of halogens is 2. The van der Waals surface area contributed by atoms with Gasteiger partial charge in [0.2, 0.25) is 0 Å². The summed E-state index contributed by atoms with van der Waals surface area (Å²) in [6.07, 6.45) is 0. The maximum atomic E-state index is 13.7. The number of rotatable bonds is 6. The van der Waals surface area contributed by atoms with E-state index < -0.39 is 11.6 Å². The molecule has 0 aliphatic heterocycles. The summed E-state index contributed by atoms with van der Waals surface area (Å²) in [7, 11) is 3.86. The summed E-state index contributed by atoms with van der Waals surface area (Å²) in [5.74, 6) is 3.65. The lowest BCUT2D eigenvalue weighted by atomic mass is 10.0. The fraction of sp³-hybridized carbons (Fsp3) is 0.583. The number of aromatic nitrogens is 1. The van der Waals surface area contributed by atoms with Crippen LogP contribution in [-0.2, 0) is 0 Å². The van der Waals surface area contributed by atoms with Crippen molar-refractivity contribution >= 4 is 11.6 Å². The van der Waals surface area contributed by atoms with E-state index >= 15 is 0 Å². The molecule has 0 aliphatic rings. The van der Waals surface area contributed by atoms with Crippen LogP contribution in [0.25, 0.3) is 0 Å². The molecule has 1 aromatic rings. The quantitative estimate of drug-likeness (QED) is 0.543. The van der Waals surface area contributed by atoms with Crippen molar-refractivity contribution in [1.29, 1.82) is 0 Å². The molecule has 0 radical (unpaired) electrons. The van der Waals surface area contributed by atoms with Gasteiger partial charge in [0.05, 0.1) is 0 Å². The molecule has 1 heterocycles. The van der Waals surface area contributed by atoms with Crippen molar-refractivity contribution in [2.75, 3.05) is 31.4 Å². The molecule has 1 unspecified atom stereocenters. The van der Waals surface area contributed by atoms with Gasteiger partial charge in [-0.15, -0.1) is 0 Å². The number of nitrogens with two attached hydrogens (primary N) is 1. The summed E-state index contributed by atoms with van der Waals surface area (Å²) in [4.78, 5) is 5.79. The second kappa shape index (κ2) is 6.63. The zero-order chi connectivity index (χ0) is 14.6. The zero-order valence-corrected chi connectivity index (χ0v) is 11.7. The Bertz CT molecular complexity index is 423. The van der Waals surface area contributed by atoms with Crippen LogP contribution >= 0.6 is 0 Å². The van der Waals surface area contributed by atoms with Crippen molar-refractivity contribution in [2.45, 2.75) is 19.9 Å². The average Bonchev–Trinajstić information content (AvgIpc) is 2.30. The molecule has 1 rings (SSSR count). The number of likely N-dealkylation sites (N-methyl/N-ethyl adjacent to an activating group) is 1. The van der Waals surface area contributed by atoms with E-state index in [2.05, 4.69) is 15.7 Å². The van der Waals surface area contributed by atoms with Crippen molar-refractivity contribution in [3.8, 4) is 0 Å². The van der Waals surface area contributed by atoms with Gasteiger partial charge >= 0.3 is 0 Å². The van der Waals surface area contributed by atoms with Gasteiger partial charge in [0.15, 0.2) is 23.3 Å². The van der Waals surface area contributed by atoms with Crippen molar-refractivity contribution in [3.05, 3.63) is 17.7 Å². The fourth-order valence-corrected chi connectivity index (χ4v) is 1.66. The number of hydrogen-bond donors (Lipinski definition) is 3. The summed E-state index contributed by atoms with van der Waals surface area (Å²) >= 11 is 0. The van der Waals surface area contributed by atoms with Crippen LogP contribution in [0.4, 0.5) is 20.4 Å². The number of hydrogen-bond acceptors (Lipinski definition) is 5. The molecule has 1 aromatic heterocycles. The predicted octanol–water partition coefficient (Wildman–Crippen LogP) is 1.64. The highest BCUT2D eigenvalue weighted by Crippen LogP contribution is 2.20. The van der Waals surface area contributed by atoms with Gasteiger partial charge in [-0.2, -0.15) is 0 Å². The molecule has 0 aromatic carbocycles. The molecular formula is C12H21F2N5. The summed E-state index contributed by atoms with van der Waals surface area (Å²) in [6.45, 7) is 4.75. The molecule has 0 saturated heterocycles. The van der Waals surface area contributed by atoms with E-state index in [1.165, 1.54) is 0 Å². The van der Waals surface area contributed by atoms with Gasteiger partial charge in [-0.05, 0) is 20.0 Å². The van der Waals surface area contributed by atoms with Crippen molar-refractivity contribution in [1.82, 2.24) is 9.88 Å². The van der Waals surface area contributed by atoms with Gasteiger partial charge in [0.25, 0.3) is 0 Å². The fourth-order valence-electron chi connectivity index (χ4n) is 1.66. The molecule has 0 aliphatic carbocycles. The van der Waals surface area contributed by atoms with E-state index in [1.807, 2.05) is 32.8 Å². The highest BCUT2D eigenvalue weighted by molar-refractivity contribution is 5.47. The second-order valence-electron chi connectivity index (χ2n) is 5.05. The van der Waals surface area contributed by atoms with Crippen LogP contribution in [0.15, 0.2) is 6.07 Å². The maximum absolute atomic E-state index is 13.7. The summed E-state index contributed by atoms with van der Waals surface area (Å²) in [5.41, 5.74) is 2.10. The number of nitrogens with one attached hydrogen (secondary N) is 2. The summed E-state index contributed by atoms with van der Waals surface area (Å²) < 4.78 is 26.9. The van der Waals surface area contributed by atoms with Gasteiger partial charge in [-0.3, -0.25) is 0 Å². The van der Waals surface area contributed by atoms with Crippen LogP contribution < -0.4 is 16.6 Å². The van der Waals surface area contributed by atoms with Crippen LogP contribution in [0.1, 0.15) is 13.8 Å². The topological polar surface area (TPSA) is 66.2 Å². The van der Waals surface area contributed by atoms with Crippen molar-refractivity contribution in [3.63, 3.8) is 0 Å². The first-order valence-electron chi connectivity index (χ1n) is 6.09. The van der Waals surface area contributed by atoms with Crippen LogP contribution in [0.5, 0.6) is 0 Å². The predicted molar refractivity (Wildman–Crippen MR) is 72.8 cm³/mol. The highest BCUT2D eigenvalue weighted by Gasteiger charge is 2.18. The first-order chi connectivity index (χ1) is 8.85. The normalized spacial score (nSPS) is 12.9. The Balaban J connectivity index is 2.95. The minimum absolute atomic E-state index is 0.00472. The van der Waals surface area contributed by atoms with E-state index in [1.54, 1.807) is 0 Å². The molecule has 0 amide bonds. The number of nitrogens with zero attached hydrogens (tertiary/aromatic N) is 2. The Morgan fingerprint density at radius 1 is 1.26 bits per heavy atom. The second-order valence-corrected chi connectivity index (χ2v) is 5.05. The Kier molecular flexibility index (Phi) is 5.44. The summed E-state index contributed by atoms with van der Waals surface area (Å²) in [6, 6.07) is 0.755. The minimum Gasteiger partial charge on any atom is -0.363 e. The molecule has 0 spiro atoms. The van der Waals surface area contributed by atoms with Crippen molar-refractivity contribution in [2.24, 2.45) is 11.8 Å². The maximum Gasteiger partial charge on any atom is 0.178 e. The highest BCUT2D eigenvalue weighted by atomic mass is 19.1. The third-order valence-electron chi connectivity index (χ3n) is 2.75. The van der Waals surface area contributed by atoms with E-state index in [9.17, 15) is 8.78 Å². The Labute approximate surface area is 112 Å². The first-order valence-corrected chi connectivity index (χ1v) is 6.09. The first kappa shape index (κ1) is 15.6. The Morgan fingerprint density at radius 2 is 1.84 bits per heavy atom. The van der Waals surface area contributed by atoms with E-state index in [-0.39, 0.29) is 23.6 Å². The van der Waals surface area contributed by atoms with Crippen LogP contribution in [0.2, 0.25) is 0 Å². The SMILES string of the molecule is CC(C)C(CN(C)C)Nc1nc(NN)c(F)cc1F. The van der Waals surface area contributed by atoms with Gasteiger partial charge in [-0.1, -0.05) is 13.8 Å². The summed E-state index contributed by atoms with van der Waals surface area (Å²) in [5, 5.41) is 2.99. The van der Waals surface area contributed by atoms with E-state index in [4.69, 9.17) is 5.84 Å². The molecule has 7 heteroatoms.